The molecule has 4 rings (SSSR count). The number of hydrogen-bond donors (Lipinski definition) is 2. The number of anilines is 2. The largest absolute Gasteiger partial charge is 0.376 e. The maximum Gasteiger partial charge on any atom is 0.253 e. The van der Waals surface area contributed by atoms with Gasteiger partial charge < -0.3 is 20.3 Å². The molecule has 2 aliphatic heterocycles. The molecular weight excluding hydrogens is 366 g/mol. The molecule has 0 spiro atoms. The van der Waals surface area contributed by atoms with E-state index in [9.17, 15) is 9.59 Å². The van der Waals surface area contributed by atoms with Gasteiger partial charge in [0, 0.05) is 43.5 Å². The third kappa shape index (κ3) is 5.10. The van der Waals surface area contributed by atoms with E-state index in [1.165, 1.54) is 6.42 Å². The first-order valence-electron chi connectivity index (χ1n) is 11.3. The highest BCUT2D eigenvalue weighted by atomic mass is 16.5. The smallest absolute Gasteiger partial charge is 0.253 e. The van der Waals surface area contributed by atoms with Gasteiger partial charge in [0.25, 0.3) is 5.91 Å². The fourth-order valence-electron chi connectivity index (χ4n) is 4.75. The molecule has 0 aromatic heterocycles. The minimum Gasteiger partial charge on any atom is -0.376 e. The van der Waals surface area contributed by atoms with Crippen molar-refractivity contribution in [2.24, 2.45) is 5.92 Å². The van der Waals surface area contributed by atoms with Gasteiger partial charge in [0.05, 0.1) is 11.7 Å². The van der Waals surface area contributed by atoms with Crippen molar-refractivity contribution in [2.45, 2.75) is 63.9 Å². The second kappa shape index (κ2) is 9.61. The molecule has 0 bridgehead atoms. The highest BCUT2D eigenvalue weighted by Crippen LogP contribution is 2.29. The summed E-state index contributed by atoms with van der Waals surface area (Å²) in [5.41, 5.74) is 2.33. The third-order valence-corrected chi connectivity index (χ3v) is 6.45. The normalized spacial score (nSPS) is 22.6. The number of carbonyl (C=O) groups excluding carboxylic acids is 2. The summed E-state index contributed by atoms with van der Waals surface area (Å²) >= 11 is 0. The highest BCUT2D eigenvalue weighted by Gasteiger charge is 2.25. The fraction of sp³-hybridized carbons (Fsp3) is 0.652. The van der Waals surface area contributed by atoms with Crippen LogP contribution in [0.15, 0.2) is 18.2 Å². The van der Waals surface area contributed by atoms with Gasteiger partial charge in [-0.2, -0.15) is 0 Å². The lowest BCUT2D eigenvalue weighted by atomic mass is 10.0. The molecule has 158 valence electrons. The lowest BCUT2D eigenvalue weighted by Gasteiger charge is -2.30. The van der Waals surface area contributed by atoms with E-state index in [0.29, 0.717) is 17.8 Å². The summed E-state index contributed by atoms with van der Waals surface area (Å²) in [5.74, 6) is 0.102. The molecule has 29 heavy (non-hydrogen) atoms. The number of rotatable bonds is 6. The minimum absolute atomic E-state index is 0.0823. The molecule has 2 saturated heterocycles. The number of nitrogens with one attached hydrogen (secondary N) is 2. The van der Waals surface area contributed by atoms with Gasteiger partial charge in [0.15, 0.2) is 0 Å². The molecule has 2 amide bonds. The SMILES string of the molecule is O=C(NCC1CCCO1)c1cc(NC(=O)C2CCCC2)ccc1N1CCCCC1. The topological polar surface area (TPSA) is 70.7 Å². The molecule has 2 heterocycles. The van der Waals surface area contributed by atoms with E-state index in [-0.39, 0.29) is 23.8 Å². The molecule has 1 unspecified atom stereocenters. The second-order valence-electron chi connectivity index (χ2n) is 8.60. The van der Waals surface area contributed by atoms with Crippen LogP contribution in [0.5, 0.6) is 0 Å². The van der Waals surface area contributed by atoms with E-state index in [1.807, 2.05) is 18.2 Å². The van der Waals surface area contributed by atoms with Crippen LogP contribution in [0.1, 0.15) is 68.1 Å². The lowest BCUT2D eigenvalue weighted by molar-refractivity contribution is -0.119. The highest BCUT2D eigenvalue weighted by molar-refractivity contribution is 6.02. The van der Waals surface area contributed by atoms with Crippen LogP contribution in [0.3, 0.4) is 0 Å². The van der Waals surface area contributed by atoms with Crippen molar-refractivity contribution >= 4 is 23.2 Å². The zero-order valence-electron chi connectivity index (χ0n) is 17.3. The van der Waals surface area contributed by atoms with Crippen LogP contribution in [0.4, 0.5) is 11.4 Å². The van der Waals surface area contributed by atoms with Gasteiger partial charge in [0.2, 0.25) is 5.91 Å². The van der Waals surface area contributed by atoms with Gasteiger partial charge in [-0.1, -0.05) is 12.8 Å². The quantitative estimate of drug-likeness (QED) is 0.765. The number of benzene rings is 1. The molecule has 3 aliphatic rings. The summed E-state index contributed by atoms with van der Waals surface area (Å²) in [6, 6.07) is 5.78. The Morgan fingerprint density at radius 3 is 2.52 bits per heavy atom. The van der Waals surface area contributed by atoms with E-state index in [0.717, 1.165) is 76.8 Å². The zero-order valence-corrected chi connectivity index (χ0v) is 17.3. The zero-order chi connectivity index (χ0) is 20.1. The molecule has 1 aromatic rings. The first kappa shape index (κ1) is 20.2. The van der Waals surface area contributed by atoms with Crippen molar-refractivity contribution < 1.29 is 14.3 Å². The summed E-state index contributed by atoms with van der Waals surface area (Å²) in [5, 5.41) is 6.10. The van der Waals surface area contributed by atoms with Crippen LogP contribution >= 0.6 is 0 Å². The van der Waals surface area contributed by atoms with Crippen molar-refractivity contribution in [3.05, 3.63) is 23.8 Å². The van der Waals surface area contributed by atoms with E-state index in [2.05, 4.69) is 15.5 Å². The molecule has 2 N–H and O–H groups in total. The van der Waals surface area contributed by atoms with Crippen molar-refractivity contribution in [1.82, 2.24) is 5.32 Å². The number of ether oxygens (including phenoxy) is 1. The van der Waals surface area contributed by atoms with E-state index in [1.54, 1.807) is 0 Å². The van der Waals surface area contributed by atoms with Crippen LogP contribution in [0.2, 0.25) is 0 Å². The predicted molar refractivity (Wildman–Crippen MR) is 114 cm³/mol. The van der Waals surface area contributed by atoms with Gasteiger partial charge in [-0.05, 0) is 63.1 Å². The number of piperidine rings is 1. The maximum absolute atomic E-state index is 13.1. The number of hydrogen-bond acceptors (Lipinski definition) is 4. The average Bonchev–Trinajstić information content (AvgIpc) is 3.47. The molecule has 1 atom stereocenters. The molecule has 6 nitrogen and oxygen atoms in total. The Morgan fingerprint density at radius 2 is 1.79 bits per heavy atom. The Morgan fingerprint density at radius 1 is 1.00 bits per heavy atom. The van der Waals surface area contributed by atoms with Crippen molar-refractivity contribution in [3.8, 4) is 0 Å². The molecule has 3 fully saturated rings. The molecule has 1 saturated carbocycles. The Kier molecular flexibility index (Phi) is 6.70. The maximum atomic E-state index is 13.1. The van der Waals surface area contributed by atoms with E-state index in [4.69, 9.17) is 4.74 Å². The van der Waals surface area contributed by atoms with Gasteiger partial charge in [-0.3, -0.25) is 9.59 Å². The molecule has 1 aromatic carbocycles. The third-order valence-electron chi connectivity index (χ3n) is 6.45. The molecule has 1 aliphatic carbocycles. The number of nitrogens with zero attached hydrogens (tertiary/aromatic N) is 1. The minimum atomic E-state index is -0.0851. The van der Waals surface area contributed by atoms with E-state index >= 15 is 0 Å². The Labute approximate surface area is 173 Å². The van der Waals surface area contributed by atoms with Crippen LogP contribution in [0.25, 0.3) is 0 Å². The first-order chi connectivity index (χ1) is 14.2. The summed E-state index contributed by atoms with van der Waals surface area (Å²) < 4.78 is 5.64. The fourth-order valence-corrected chi connectivity index (χ4v) is 4.75. The molecular formula is C23H33N3O3. The standard InChI is InChI=1S/C23H33N3O3/c27-22(17-7-2-3-8-17)25-18-10-11-21(26-12-4-1-5-13-26)20(15-18)23(28)24-16-19-9-6-14-29-19/h10-11,15,17,19H,1-9,12-14,16H2,(H,24,28)(H,25,27). The monoisotopic (exact) mass is 399 g/mol. The van der Waals surface area contributed by atoms with Crippen molar-refractivity contribution in [1.29, 1.82) is 0 Å². The Bertz CT molecular complexity index is 718. The average molecular weight is 400 g/mol. The molecule has 6 heteroatoms. The Balaban J connectivity index is 1.50. The number of amides is 2. The van der Waals surface area contributed by atoms with Gasteiger partial charge in [-0.25, -0.2) is 0 Å². The summed E-state index contributed by atoms with van der Waals surface area (Å²) in [6.07, 6.45) is 9.90. The van der Waals surface area contributed by atoms with Gasteiger partial charge in [-0.15, -0.1) is 0 Å². The van der Waals surface area contributed by atoms with Crippen molar-refractivity contribution in [2.75, 3.05) is 36.5 Å². The van der Waals surface area contributed by atoms with Gasteiger partial charge >= 0.3 is 0 Å². The Hall–Kier alpha value is -2.08. The van der Waals surface area contributed by atoms with Crippen LogP contribution in [-0.4, -0.2) is 44.2 Å². The predicted octanol–water partition coefficient (Wildman–Crippen LogP) is 3.71. The van der Waals surface area contributed by atoms with Crippen LogP contribution < -0.4 is 15.5 Å². The summed E-state index contributed by atoms with van der Waals surface area (Å²) in [6.45, 7) is 3.26. The summed E-state index contributed by atoms with van der Waals surface area (Å²) in [4.78, 5) is 27.9. The molecule has 0 radical (unpaired) electrons. The van der Waals surface area contributed by atoms with Gasteiger partial charge in [0.1, 0.15) is 0 Å². The summed E-state index contributed by atoms with van der Waals surface area (Å²) in [7, 11) is 0. The van der Waals surface area contributed by atoms with Crippen molar-refractivity contribution in [3.63, 3.8) is 0 Å². The lowest BCUT2D eigenvalue weighted by Crippen LogP contribution is -2.35. The first-order valence-corrected chi connectivity index (χ1v) is 11.3. The number of carbonyl (C=O) groups is 2. The van der Waals surface area contributed by atoms with E-state index < -0.39 is 0 Å². The van der Waals surface area contributed by atoms with Crippen LogP contribution in [-0.2, 0) is 9.53 Å². The van der Waals surface area contributed by atoms with Crippen LogP contribution in [0, 0.1) is 5.92 Å². The second-order valence-corrected chi connectivity index (χ2v) is 8.60.